The van der Waals surface area contributed by atoms with Crippen LogP contribution >= 0.6 is 0 Å². The number of aliphatic hydroxyl groups excluding tert-OH is 1. The van der Waals surface area contributed by atoms with Crippen molar-refractivity contribution in [3.8, 4) is 0 Å². The van der Waals surface area contributed by atoms with Gasteiger partial charge in [0, 0.05) is 18.0 Å². The van der Waals surface area contributed by atoms with Gasteiger partial charge in [-0.05, 0) is 54.2 Å². The highest BCUT2D eigenvalue weighted by molar-refractivity contribution is 5.98. The number of carboxylic acids is 1. The van der Waals surface area contributed by atoms with Crippen LogP contribution in [0.5, 0.6) is 0 Å². The Balaban J connectivity index is 1.83. The molecular weight excluding hydrogens is 308 g/mol. The molecule has 0 saturated heterocycles. The lowest BCUT2D eigenvalue weighted by Crippen LogP contribution is -2.45. The van der Waals surface area contributed by atoms with Crippen molar-refractivity contribution in [2.75, 3.05) is 0 Å². The summed E-state index contributed by atoms with van der Waals surface area (Å²) in [6.45, 7) is 0. The molecule has 6 heteroatoms. The fraction of sp³-hybridized carbons (Fsp3) is 0.278. The van der Waals surface area contributed by atoms with Gasteiger partial charge in [0.1, 0.15) is 6.10 Å². The van der Waals surface area contributed by atoms with Gasteiger partial charge in [0.25, 0.3) is 5.91 Å². The van der Waals surface area contributed by atoms with Gasteiger partial charge in [-0.25, -0.2) is 4.79 Å². The summed E-state index contributed by atoms with van der Waals surface area (Å²) in [5.41, 5.74) is 2.97. The van der Waals surface area contributed by atoms with E-state index in [4.69, 9.17) is 0 Å². The van der Waals surface area contributed by atoms with Gasteiger partial charge in [-0.2, -0.15) is 0 Å². The fourth-order valence-electron chi connectivity index (χ4n) is 3.08. The van der Waals surface area contributed by atoms with Gasteiger partial charge in [-0.3, -0.25) is 9.78 Å². The maximum Gasteiger partial charge on any atom is 0.329 e. The molecule has 1 heterocycles. The Morgan fingerprint density at radius 3 is 2.58 bits per heavy atom. The van der Waals surface area contributed by atoms with Crippen LogP contribution in [0.25, 0.3) is 0 Å². The molecule has 0 radical (unpaired) electrons. The maximum atomic E-state index is 12.6. The predicted octanol–water partition coefficient (Wildman–Crippen LogP) is 1.49. The Hall–Kier alpha value is -2.73. The molecule has 3 rings (SSSR count). The summed E-state index contributed by atoms with van der Waals surface area (Å²) in [6, 6.07) is 7.09. The van der Waals surface area contributed by atoms with Gasteiger partial charge < -0.3 is 15.5 Å². The molecule has 0 aliphatic heterocycles. The summed E-state index contributed by atoms with van der Waals surface area (Å²) in [5, 5.41) is 22.2. The lowest BCUT2D eigenvalue weighted by molar-refractivity contribution is -0.142. The molecule has 0 spiro atoms. The first kappa shape index (κ1) is 16.1. The summed E-state index contributed by atoms with van der Waals surface area (Å²) in [5.74, 6) is -1.77. The average Bonchev–Trinajstić information content (AvgIpc) is 3.08. The van der Waals surface area contributed by atoms with Crippen molar-refractivity contribution in [1.29, 1.82) is 0 Å². The molecule has 0 saturated carbocycles. The third-order valence-corrected chi connectivity index (χ3v) is 4.31. The maximum absolute atomic E-state index is 12.6. The van der Waals surface area contributed by atoms with Gasteiger partial charge >= 0.3 is 5.97 Å². The molecule has 1 aromatic carbocycles. The number of fused-ring (bicyclic) bond motifs is 1. The van der Waals surface area contributed by atoms with Gasteiger partial charge in [0.05, 0.1) is 0 Å². The van der Waals surface area contributed by atoms with Crippen molar-refractivity contribution in [3.63, 3.8) is 0 Å². The summed E-state index contributed by atoms with van der Waals surface area (Å²) in [4.78, 5) is 27.9. The SMILES string of the molecule is O=C(NC(C(=O)O)C(O)c1ccncc1)c1cccc2c1CCC2. The number of aromatic nitrogens is 1. The molecule has 3 N–H and O–H groups in total. The van der Waals surface area contributed by atoms with Crippen LogP contribution in [0.1, 0.15) is 39.6 Å². The predicted molar refractivity (Wildman–Crippen MR) is 86.6 cm³/mol. The summed E-state index contributed by atoms with van der Waals surface area (Å²) >= 11 is 0. The number of aliphatic hydroxyl groups is 1. The van der Waals surface area contributed by atoms with Crippen LogP contribution in [0.15, 0.2) is 42.7 Å². The number of hydrogen-bond acceptors (Lipinski definition) is 4. The van der Waals surface area contributed by atoms with E-state index >= 15 is 0 Å². The second kappa shape index (κ2) is 6.80. The molecule has 1 aliphatic rings. The van der Waals surface area contributed by atoms with Crippen LogP contribution in [0.2, 0.25) is 0 Å². The quantitative estimate of drug-likeness (QED) is 0.773. The number of benzene rings is 1. The number of nitrogens with one attached hydrogen (secondary N) is 1. The topological polar surface area (TPSA) is 99.5 Å². The highest BCUT2D eigenvalue weighted by atomic mass is 16.4. The van der Waals surface area contributed by atoms with Crippen molar-refractivity contribution >= 4 is 11.9 Å². The van der Waals surface area contributed by atoms with E-state index in [9.17, 15) is 19.8 Å². The Labute approximate surface area is 139 Å². The monoisotopic (exact) mass is 326 g/mol. The zero-order chi connectivity index (χ0) is 17.1. The number of pyridine rings is 1. The van der Waals surface area contributed by atoms with E-state index in [1.807, 2.05) is 6.07 Å². The van der Waals surface area contributed by atoms with Gasteiger partial charge in [-0.15, -0.1) is 0 Å². The van der Waals surface area contributed by atoms with Crippen LogP contribution in [-0.4, -0.2) is 33.1 Å². The van der Waals surface area contributed by atoms with Crippen molar-refractivity contribution < 1.29 is 19.8 Å². The van der Waals surface area contributed by atoms with Crippen molar-refractivity contribution in [2.45, 2.75) is 31.4 Å². The van der Waals surface area contributed by atoms with Gasteiger partial charge in [0.2, 0.25) is 0 Å². The number of carbonyl (C=O) groups is 2. The molecular formula is C18H18N2O4. The second-order valence-electron chi connectivity index (χ2n) is 5.81. The molecule has 0 fully saturated rings. The minimum Gasteiger partial charge on any atom is -0.480 e. The van der Waals surface area contributed by atoms with Crippen molar-refractivity contribution in [3.05, 3.63) is 65.0 Å². The van der Waals surface area contributed by atoms with E-state index in [2.05, 4.69) is 10.3 Å². The number of carbonyl (C=O) groups excluding carboxylic acids is 1. The minimum atomic E-state index is -1.43. The van der Waals surface area contributed by atoms with E-state index in [1.165, 1.54) is 24.5 Å². The Bertz CT molecular complexity index is 761. The van der Waals surface area contributed by atoms with E-state index in [-0.39, 0.29) is 0 Å². The molecule has 24 heavy (non-hydrogen) atoms. The smallest absolute Gasteiger partial charge is 0.329 e. The standard InChI is InChI=1S/C18H18N2O4/c21-16(12-7-9-19-10-8-12)15(18(23)24)20-17(22)14-6-2-4-11-3-1-5-13(11)14/h2,4,6-10,15-16,21H,1,3,5H2,(H,20,22)(H,23,24). The normalized spacial score (nSPS) is 15.4. The zero-order valence-corrected chi connectivity index (χ0v) is 13.0. The summed E-state index contributed by atoms with van der Waals surface area (Å²) < 4.78 is 0. The zero-order valence-electron chi connectivity index (χ0n) is 13.0. The first-order valence-corrected chi connectivity index (χ1v) is 7.80. The van der Waals surface area contributed by atoms with Crippen LogP contribution < -0.4 is 5.32 Å². The summed E-state index contributed by atoms with van der Waals surface area (Å²) in [6.07, 6.45) is 4.29. The molecule has 0 bridgehead atoms. The average molecular weight is 326 g/mol. The lowest BCUT2D eigenvalue weighted by Gasteiger charge is -2.21. The van der Waals surface area contributed by atoms with E-state index < -0.39 is 24.0 Å². The fourth-order valence-corrected chi connectivity index (χ4v) is 3.08. The molecule has 1 aromatic heterocycles. The first-order chi connectivity index (χ1) is 11.6. The number of nitrogens with zero attached hydrogens (tertiary/aromatic N) is 1. The molecule has 2 atom stereocenters. The molecule has 2 aromatic rings. The number of rotatable bonds is 5. The molecule has 6 nitrogen and oxygen atoms in total. The van der Waals surface area contributed by atoms with Crippen molar-refractivity contribution in [2.24, 2.45) is 0 Å². The molecule has 1 aliphatic carbocycles. The van der Waals surface area contributed by atoms with Crippen LogP contribution in [0, 0.1) is 0 Å². The Kier molecular flexibility index (Phi) is 4.57. The number of aryl methyl sites for hydroxylation is 1. The number of aliphatic carboxylic acids is 1. The van der Waals surface area contributed by atoms with E-state index in [1.54, 1.807) is 12.1 Å². The van der Waals surface area contributed by atoms with E-state index in [0.717, 1.165) is 30.4 Å². The molecule has 1 amide bonds. The third-order valence-electron chi connectivity index (χ3n) is 4.31. The highest BCUT2D eigenvalue weighted by Crippen LogP contribution is 2.25. The molecule has 124 valence electrons. The second-order valence-corrected chi connectivity index (χ2v) is 5.81. The summed E-state index contributed by atoms with van der Waals surface area (Å²) in [7, 11) is 0. The van der Waals surface area contributed by atoms with Crippen LogP contribution in [0.4, 0.5) is 0 Å². The van der Waals surface area contributed by atoms with Gasteiger partial charge in [-0.1, -0.05) is 12.1 Å². The largest absolute Gasteiger partial charge is 0.480 e. The van der Waals surface area contributed by atoms with E-state index in [0.29, 0.717) is 11.1 Å². The van der Waals surface area contributed by atoms with Crippen LogP contribution in [0.3, 0.4) is 0 Å². The third kappa shape index (κ3) is 3.14. The lowest BCUT2D eigenvalue weighted by atomic mass is 10.0. The first-order valence-electron chi connectivity index (χ1n) is 7.80. The van der Waals surface area contributed by atoms with Crippen LogP contribution in [-0.2, 0) is 17.6 Å². The minimum absolute atomic E-state index is 0.385. The molecule has 2 unspecified atom stereocenters. The number of carboxylic acid groups (broad SMARTS) is 1. The number of hydrogen-bond donors (Lipinski definition) is 3. The highest BCUT2D eigenvalue weighted by Gasteiger charge is 2.31. The van der Waals surface area contributed by atoms with Gasteiger partial charge in [0.15, 0.2) is 6.04 Å². The number of amides is 1. The Morgan fingerprint density at radius 2 is 1.88 bits per heavy atom. The Morgan fingerprint density at radius 1 is 1.12 bits per heavy atom. The van der Waals surface area contributed by atoms with Crippen molar-refractivity contribution in [1.82, 2.24) is 10.3 Å².